The summed E-state index contributed by atoms with van der Waals surface area (Å²) in [5, 5.41) is 3.74. The molecule has 3 atom stereocenters. The molecule has 116 valence electrons. The molecule has 3 aliphatic rings. The van der Waals surface area contributed by atoms with Gasteiger partial charge in [-0.25, -0.2) is 0 Å². The van der Waals surface area contributed by atoms with Crippen molar-refractivity contribution in [3.05, 3.63) is 0 Å². The zero-order chi connectivity index (χ0) is 14.2. The molecule has 2 aliphatic heterocycles. The maximum absolute atomic E-state index is 5.75. The zero-order valence-electron chi connectivity index (χ0n) is 13.4. The highest BCUT2D eigenvalue weighted by Crippen LogP contribution is 2.33. The molecular weight excluding hydrogens is 250 g/mol. The smallest absolute Gasteiger partial charge is 0.0547 e. The molecule has 3 rings (SSSR count). The minimum atomic E-state index is 0.365. The van der Waals surface area contributed by atoms with Crippen LogP contribution in [-0.2, 0) is 4.74 Å². The highest BCUT2D eigenvalue weighted by molar-refractivity contribution is 4.95. The number of ether oxygens (including phenoxy) is 1. The van der Waals surface area contributed by atoms with Gasteiger partial charge in [-0.05, 0) is 39.3 Å². The molecule has 1 saturated carbocycles. The van der Waals surface area contributed by atoms with Gasteiger partial charge in [-0.2, -0.15) is 0 Å². The Kier molecular flexibility index (Phi) is 4.37. The Morgan fingerprint density at radius 1 is 1.30 bits per heavy atom. The number of hydrogen-bond acceptors (Lipinski definition) is 4. The molecule has 3 fully saturated rings. The summed E-state index contributed by atoms with van der Waals surface area (Å²) < 4.78 is 5.75. The highest BCUT2D eigenvalue weighted by Gasteiger charge is 2.41. The maximum Gasteiger partial charge on any atom is 0.0547 e. The average Bonchev–Trinajstić information content (AvgIpc) is 3.01. The van der Waals surface area contributed by atoms with Crippen molar-refractivity contribution in [3.8, 4) is 0 Å². The monoisotopic (exact) mass is 281 g/mol. The van der Waals surface area contributed by atoms with E-state index in [1.54, 1.807) is 0 Å². The second kappa shape index (κ2) is 5.91. The van der Waals surface area contributed by atoms with Gasteiger partial charge < -0.3 is 19.9 Å². The van der Waals surface area contributed by atoms with E-state index >= 15 is 0 Å². The van der Waals surface area contributed by atoms with E-state index < -0.39 is 0 Å². The lowest BCUT2D eigenvalue weighted by molar-refractivity contribution is 0.115. The largest absolute Gasteiger partial charge is 0.381 e. The lowest BCUT2D eigenvalue weighted by atomic mass is 9.86. The minimum absolute atomic E-state index is 0.365. The summed E-state index contributed by atoms with van der Waals surface area (Å²) in [5.74, 6) is 0.778. The third kappa shape index (κ3) is 3.35. The number of nitrogens with one attached hydrogen (secondary N) is 1. The third-order valence-corrected chi connectivity index (χ3v) is 5.40. The molecule has 4 nitrogen and oxygen atoms in total. The predicted octanol–water partition coefficient (Wildman–Crippen LogP) is 1.03. The second-order valence-corrected chi connectivity index (χ2v) is 7.66. The van der Waals surface area contributed by atoms with E-state index in [9.17, 15) is 0 Å². The van der Waals surface area contributed by atoms with Crippen molar-refractivity contribution in [1.29, 1.82) is 0 Å². The minimum Gasteiger partial charge on any atom is -0.381 e. The van der Waals surface area contributed by atoms with Crippen LogP contribution < -0.4 is 5.32 Å². The van der Waals surface area contributed by atoms with Crippen LogP contribution in [0.2, 0.25) is 0 Å². The Morgan fingerprint density at radius 2 is 2.10 bits per heavy atom. The molecule has 4 heteroatoms. The van der Waals surface area contributed by atoms with E-state index in [4.69, 9.17) is 4.74 Å². The van der Waals surface area contributed by atoms with Crippen molar-refractivity contribution in [2.24, 2.45) is 11.3 Å². The summed E-state index contributed by atoms with van der Waals surface area (Å²) >= 11 is 0. The number of likely N-dealkylation sites (N-methyl/N-ethyl adjacent to an activating group) is 1. The van der Waals surface area contributed by atoms with Crippen molar-refractivity contribution in [3.63, 3.8) is 0 Å². The molecule has 0 radical (unpaired) electrons. The van der Waals surface area contributed by atoms with Crippen molar-refractivity contribution >= 4 is 0 Å². The molecule has 0 aromatic heterocycles. The van der Waals surface area contributed by atoms with Crippen LogP contribution in [0.25, 0.3) is 0 Å². The van der Waals surface area contributed by atoms with Crippen LogP contribution in [0, 0.1) is 11.3 Å². The number of rotatable bonds is 6. The van der Waals surface area contributed by atoms with E-state index in [1.807, 2.05) is 0 Å². The van der Waals surface area contributed by atoms with Gasteiger partial charge in [0.25, 0.3) is 0 Å². The second-order valence-electron chi connectivity index (χ2n) is 7.66. The molecule has 0 bridgehead atoms. The summed E-state index contributed by atoms with van der Waals surface area (Å²) in [6.45, 7) is 9.12. The quantitative estimate of drug-likeness (QED) is 0.787. The van der Waals surface area contributed by atoms with Crippen molar-refractivity contribution in [2.45, 2.75) is 38.3 Å². The molecule has 0 aromatic carbocycles. The topological polar surface area (TPSA) is 27.7 Å². The first-order valence-corrected chi connectivity index (χ1v) is 8.28. The lowest BCUT2D eigenvalue weighted by Crippen LogP contribution is -2.45. The van der Waals surface area contributed by atoms with Gasteiger partial charge >= 0.3 is 0 Å². The van der Waals surface area contributed by atoms with E-state index in [2.05, 4.69) is 36.1 Å². The zero-order valence-corrected chi connectivity index (χ0v) is 13.4. The predicted molar refractivity (Wildman–Crippen MR) is 82.0 cm³/mol. The first-order chi connectivity index (χ1) is 9.58. The third-order valence-electron chi connectivity index (χ3n) is 5.40. The summed E-state index contributed by atoms with van der Waals surface area (Å²) in [4.78, 5) is 5.07. The first kappa shape index (κ1) is 14.8. The van der Waals surface area contributed by atoms with Crippen LogP contribution in [-0.4, -0.2) is 75.4 Å². The molecular formula is C16H31N3O. The van der Waals surface area contributed by atoms with Crippen LogP contribution in [0.1, 0.15) is 26.2 Å². The molecule has 2 saturated heterocycles. The molecule has 3 unspecified atom stereocenters. The van der Waals surface area contributed by atoms with E-state index in [0.29, 0.717) is 11.5 Å². The highest BCUT2D eigenvalue weighted by atomic mass is 16.5. The van der Waals surface area contributed by atoms with E-state index in [-0.39, 0.29) is 0 Å². The normalized spacial score (nSPS) is 39.0. The Morgan fingerprint density at radius 3 is 2.65 bits per heavy atom. The molecule has 1 N–H and O–H groups in total. The number of likely N-dealkylation sites (tertiary alicyclic amines) is 1. The van der Waals surface area contributed by atoms with Gasteiger partial charge in [-0.1, -0.05) is 6.92 Å². The fourth-order valence-electron chi connectivity index (χ4n) is 3.94. The van der Waals surface area contributed by atoms with Gasteiger partial charge in [0.15, 0.2) is 0 Å². The number of hydrogen-bond donors (Lipinski definition) is 1. The van der Waals surface area contributed by atoms with Gasteiger partial charge in [-0.3, -0.25) is 0 Å². The number of nitrogens with zero attached hydrogens (tertiary/aromatic N) is 2. The summed E-state index contributed by atoms with van der Waals surface area (Å²) in [6.07, 6.45) is 3.98. The van der Waals surface area contributed by atoms with Crippen LogP contribution in [0.5, 0.6) is 0 Å². The average molecular weight is 281 g/mol. The van der Waals surface area contributed by atoms with Gasteiger partial charge in [0, 0.05) is 50.3 Å². The van der Waals surface area contributed by atoms with Crippen molar-refractivity contribution in [1.82, 2.24) is 15.1 Å². The van der Waals surface area contributed by atoms with Gasteiger partial charge in [0.05, 0.1) is 6.61 Å². The fraction of sp³-hybridized carbons (Fsp3) is 1.00. The molecule has 0 aromatic rings. The van der Waals surface area contributed by atoms with Crippen LogP contribution in [0.3, 0.4) is 0 Å². The van der Waals surface area contributed by atoms with Crippen LogP contribution >= 0.6 is 0 Å². The van der Waals surface area contributed by atoms with Crippen molar-refractivity contribution in [2.75, 3.05) is 53.5 Å². The molecule has 1 aliphatic carbocycles. The standard InChI is InChI=1S/C16H31N3O/c1-13-8-19(9-15(13)18(2)3)11-16(6-7-20-12-16)10-17-14-4-5-14/h13-15,17H,4-12H2,1-3H3. The Balaban J connectivity index is 1.56. The van der Waals surface area contributed by atoms with Gasteiger partial charge in [0.2, 0.25) is 0 Å². The van der Waals surface area contributed by atoms with E-state index in [0.717, 1.165) is 31.7 Å². The Bertz CT molecular complexity index is 324. The lowest BCUT2D eigenvalue weighted by Gasteiger charge is -2.33. The molecule has 20 heavy (non-hydrogen) atoms. The summed E-state index contributed by atoms with van der Waals surface area (Å²) in [5.41, 5.74) is 0.365. The SMILES string of the molecule is CC1CN(CC2(CNC3CC3)CCOC2)CC1N(C)C. The fourth-order valence-corrected chi connectivity index (χ4v) is 3.94. The Labute approximate surface area is 123 Å². The van der Waals surface area contributed by atoms with E-state index in [1.165, 1.54) is 38.9 Å². The summed E-state index contributed by atoms with van der Waals surface area (Å²) in [7, 11) is 4.43. The van der Waals surface area contributed by atoms with Crippen LogP contribution in [0.15, 0.2) is 0 Å². The summed E-state index contributed by atoms with van der Waals surface area (Å²) in [6, 6.07) is 1.52. The molecule has 2 heterocycles. The maximum atomic E-state index is 5.75. The first-order valence-electron chi connectivity index (χ1n) is 8.28. The van der Waals surface area contributed by atoms with Crippen LogP contribution in [0.4, 0.5) is 0 Å². The molecule has 0 amide bonds. The Hall–Kier alpha value is -0.160. The van der Waals surface area contributed by atoms with Crippen molar-refractivity contribution < 1.29 is 4.74 Å². The van der Waals surface area contributed by atoms with Gasteiger partial charge in [-0.15, -0.1) is 0 Å². The van der Waals surface area contributed by atoms with Gasteiger partial charge in [0.1, 0.15) is 0 Å². The molecule has 0 spiro atoms.